The van der Waals surface area contributed by atoms with Crippen molar-refractivity contribution >= 4 is 16.5 Å². The molecule has 3 aromatic carbocycles. The first kappa shape index (κ1) is 14.5. The van der Waals surface area contributed by atoms with E-state index in [4.69, 9.17) is 4.74 Å². The number of fused-ring (bicyclic) bond motifs is 1. The zero-order valence-corrected chi connectivity index (χ0v) is 13.1. The molecule has 0 radical (unpaired) electrons. The Labute approximate surface area is 131 Å². The Morgan fingerprint density at radius 1 is 0.909 bits per heavy atom. The highest BCUT2D eigenvalue weighted by Gasteiger charge is 2.06. The lowest BCUT2D eigenvalue weighted by Gasteiger charge is -2.14. The number of rotatable bonds is 5. The fraction of sp³-hybridized carbons (Fsp3) is 0.200. The van der Waals surface area contributed by atoms with Gasteiger partial charge in [-0.2, -0.15) is 0 Å². The monoisotopic (exact) mass is 291 g/mol. The van der Waals surface area contributed by atoms with E-state index in [1.54, 1.807) is 7.11 Å². The van der Waals surface area contributed by atoms with Crippen LogP contribution in [-0.2, 0) is 6.42 Å². The van der Waals surface area contributed by atoms with Gasteiger partial charge in [-0.1, -0.05) is 54.6 Å². The van der Waals surface area contributed by atoms with Gasteiger partial charge in [0.15, 0.2) is 0 Å². The Bertz CT molecular complexity index is 774. The van der Waals surface area contributed by atoms with E-state index in [0.717, 1.165) is 24.4 Å². The molecule has 2 nitrogen and oxygen atoms in total. The molecule has 0 saturated carbocycles. The van der Waals surface area contributed by atoms with Crippen molar-refractivity contribution in [2.45, 2.75) is 13.3 Å². The molecule has 0 spiro atoms. The Morgan fingerprint density at radius 3 is 2.55 bits per heavy atom. The molecule has 112 valence electrons. The summed E-state index contributed by atoms with van der Waals surface area (Å²) in [5, 5.41) is 6.16. The first-order valence-corrected chi connectivity index (χ1v) is 7.63. The van der Waals surface area contributed by atoms with Crippen molar-refractivity contribution in [2.75, 3.05) is 19.0 Å². The number of hydrogen-bond acceptors (Lipinski definition) is 2. The van der Waals surface area contributed by atoms with Crippen LogP contribution in [0.1, 0.15) is 11.1 Å². The van der Waals surface area contributed by atoms with Gasteiger partial charge in [0.1, 0.15) is 5.75 Å². The lowest BCUT2D eigenvalue weighted by molar-refractivity contribution is 0.416. The molecule has 22 heavy (non-hydrogen) atoms. The minimum atomic E-state index is 0.884. The van der Waals surface area contributed by atoms with E-state index in [0.29, 0.717) is 0 Å². The number of nitrogens with one attached hydrogen (secondary N) is 1. The number of benzene rings is 3. The minimum absolute atomic E-state index is 0.884. The SMILES string of the molecule is COc1cccc(C)c1NCCc1cccc2ccccc12. The Morgan fingerprint density at radius 2 is 1.68 bits per heavy atom. The second-order valence-corrected chi connectivity index (χ2v) is 5.47. The number of hydrogen-bond donors (Lipinski definition) is 1. The Kier molecular flexibility index (Phi) is 4.29. The first-order chi connectivity index (χ1) is 10.8. The highest BCUT2D eigenvalue weighted by atomic mass is 16.5. The number of para-hydroxylation sites is 1. The van der Waals surface area contributed by atoms with E-state index in [9.17, 15) is 0 Å². The number of anilines is 1. The molecule has 0 atom stereocenters. The van der Waals surface area contributed by atoms with Crippen molar-refractivity contribution in [3.63, 3.8) is 0 Å². The third-order valence-corrected chi connectivity index (χ3v) is 4.03. The quantitative estimate of drug-likeness (QED) is 0.728. The molecule has 0 heterocycles. The summed E-state index contributed by atoms with van der Waals surface area (Å²) >= 11 is 0. The van der Waals surface area contributed by atoms with Crippen LogP contribution in [0.2, 0.25) is 0 Å². The summed E-state index contributed by atoms with van der Waals surface area (Å²) in [5.74, 6) is 0.901. The molecule has 0 aliphatic carbocycles. The molecule has 1 N–H and O–H groups in total. The summed E-state index contributed by atoms with van der Waals surface area (Å²) in [4.78, 5) is 0. The molecule has 0 fully saturated rings. The molecule has 0 aliphatic heterocycles. The lowest BCUT2D eigenvalue weighted by Crippen LogP contribution is -2.07. The van der Waals surface area contributed by atoms with Crippen LogP contribution < -0.4 is 10.1 Å². The van der Waals surface area contributed by atoms with Gasteiger partial charge in [0.05, 0.1) is 12.8 Å². The van der Waals surface area contributed by atoms with E-state index in [1.807, 2.05) is 12.1 Å². The van der Waals surface area contributed by atoms with Crippen LogP contribution in [0.3, 0.4) is 0 Å². The van der Waals surface area contributed by atoms with Crippen LogP contribution in [-0.4, -0.2) is 13.7 Å². The summed E-state index contributed by atoms with van der Waals surface area (Å²) in [6.07, 6.45) is 0.985. The molecule has 0 saturated heterocycles. The normalized spacial score (nSPS) is 10.6. The predicted octanol–water partition coefficient (Wildman–Crippen LogP) is 4.81. The molecular weight excluding hydrogens is 270 g/mol. The zero-order valence-electron chi connectivity index (χ0n) is 13.1. The van der Waals surface area contributed by atoms with Gasteiger partial charge in [-0.25, -0.2) is 0 Å². The van der Waals surface area contributed by atoms with Gasteiger partial charge in [-0.15, -0.1) is 0 Å². The molecular formula is C20H21NO. The standard InChI is InChI=1S/C20H21NO/c1-15-7-5-12-19(22-2)20(15)21-14-13-17-10-6-9-16-8-3-4-11-18(16)17/h3-12,21H,13-14H2,1-2H3. The smallest absolute Gasteiger partial charge is 0.142 e. The second kappa shape index (κ2) is 6.52. The van der Waals surface area contributed by atoms with Gasteiger partial charge < -0.3 is 10.1 Å². The van der Waals surface area contributed by atoms with Crippen LogP contribution in [0.25, 0.3) is 10.8 Å². The van der Waals surface area contributed by atoms with Gasteiger partial charge in [-0.05, 0) is 41.3 Å². The van der Waals surface area contributed by atoms with Gasteiger partial charge in [0.2, 0.25) is 0 Å². The Balaban J connectivity index is 1.76. The van der Waals surface area contributed by atoms with Crippen molar-refractivity contribution in [3.8, 4) is 5.75 Å². The fourth-order valence-electron chi connectivity index (χ4n) is 2.87. The largest absolute Gasteiger partial charge is 0.495 e. The summed E-state index contributed by atoms with van der Waals surface area (Å²) in [6, 6.07) is 21.2. The molecule has 2 heteroatoms. The van der Waals surface area contributed by atoms with E-state index < -0.39 is 0 Å². The third-order valence-electron chi connectivity index (χ3n) is 4.03. The van der Waals surface area contributed by atoms with E-state index in [2.05, 4.69) is 60.8 Å². The topological polar surface area (TPSA) is 21.3 Å². The number of methoxy groups -OCH3 is 1. The zero-order chi connectivity index (χ0) is 15.4. The molecule has 0 amide bonds. The average Bonchev–Trinajstić information content (AvgIpc) is 2.56. The summed E-state index contributed by atoms with van der Waals surface area (Å²) in [5.41, 5.74) is 3.67. The second-order valence-electron chi connectivity index (χ2n) is 5.47. The maximum atomic E-state index is 5.44. The van der Waals surface area contributed by atoms with Crippen LogP contribution in [0.5, 0.6) is 5.75 Å². The van der Waals surface area contributed by atoms with Crippen molar-refractivity contribution in [3.05, 3.63) is 71.8 Å². The maximum Gasteiger partial charge on any atom is 0.142 e. The van der Waals surface area contributed by atoms with Crippen LogP contribution in [0.4, 0.5) is 5.69 Å². The lowest BCUT2D eigenvalue weighted by atomic mass is 10.0. The molecule has 3 aromatic rings. The van der Waals surface area contributed by atoms with Gasteiger partial charge in [0.25, 0.3) is 0 Å². The van der Waals surface area contributed by atoms with Gasteiger partial charge in [0, 0.05) is 6.54 Å². The van der Waals surface area contributed by atoms with Crippen LogP contribution in [0, 0.1) is 6.92 Å². The number of aryl methyl sites for hydroxylation is 1. The van der Waals surface area contributed by atoms with Crippen molar-refractivity contribution in [1.29, 1.82) is 0 Å². The molecule has 0 aliphatic rings. The first-order valence-electron chi connectivity index (χ1n) is 7.63. The maximum absolute atomic E-state index is 5.44. The van der Waals surface area contributed by atoms with Crippen molar-refractivity contribution in [2.24, 2.45) is 0 Å². The molecule has 3 rings (SSSR count). The van der Waals surface area contributed by atoms with Crippen LogP contribution >= 0.6 is 0 Å². The van der Waals surface area contributed by atoms with Crippen LogP contribution in [0.15, 0.2) is 60.7 Å². The van der Waals surface area contributed by atoms with Crippen molar-refractivity contribution < 1.29 is 4.74 Å². The fourth-order valence-corrected chi connectivity index (χ4v) is 2.87. The van der Waals surface area contributed by atoms with Gasteiger partial charge >= 0.3 is 0 Å². The van der Waals surface area contributed by atoms with E-state index in [1.165, 1.54) is 21.9 Å². The third kappa shape index (κ3) is 2.91. The number of ether oxygens (including phenoxy) is 1. The van der Waals surface area contributed by atoms with E-state index in [-0.39, 0.29) is 0 Å². The summed E-state index contributed by atoms with van der Waals surface area (Å²) in [6.45, 7) is 2.98. The predicted molar refractivity (Wildman–Crippen MR) is 93.9 cm³/mol. The highest BCUT2D eigenvalue weighted by Crippen LogP contribution is 2.27. The van der Waals surface area contributed by atoms with E-state index >= 15 is 0 Å². The summed E-state index contributed by atoms with van der Waals surface area (Å²) < 4.78 is 5.44. The highest BCUT2D eigenvalue weighted by molar-refractivity contribution is 5.85. The summed E-state index contributed by atoms with van der Waals surface area (Å²) in [7, 11) is 1.71. The van der Waals surface area contributed by atoms with Crippen molar-refractivity contribution in [1.82, 2.24) is 0 Å². The Hall–Kier alpha value is -2.48. The molecule has 0 aromatic heterocycles. The molecule has 0 unspecified atom stereocenters. The van der Waals surface area contributed by atoms with Gasteiger partial charge in [-0.3, -0.25) is 0 Å². The average molecular weight is 291 g/mol. The molecule has 0 bridgehead atoms. The minimum Gasteiger partial charge on any atom is -0.495 e.